The standard InChI is InChI=1S/C10H12O4/c1-11-9-4-2-8(3-5-9)10-13-6-12-7-14-10/h2-5,10H,6-7H2,1H3. The maximum Gasteiger partial charge on any atom is 0.189 e. The van der Waals surface area contributed by atoms with Crippen LogP contribution in [-0.4, -0.2) is 20.7 Å². The summed E-state index contributed by atoms with van der Waals surface area (Å²) in [7, 11) is 1.64. The van der Waals surface area contributed by atoms with Crippen LogP contribution in [0.3, 0.4) is 0 Å². The van der Waals surface area contributed by atoms with Crippen molar-refractivity contribution in [3.05, 3.63) is 29.8 Å². The first-order chi connectivity index (χ1) is 6.90. The third-order valence-corrected chi connectivity index (χ3v) is 1.99. The maximum absolute atomic E-state index is 5.25. The zero-order valence-electron chi connectivity index (χ0n) is 7.93. The first-order valence-electron chi connectivity index (χ1n) is 4.35. The van der Waals surface area contributed by atoms with Crippen molar-refractivity contribution in [3.63, 3.8) is 0 Å². The molecular formula is C10H12O4. The van der Waals surface area contributed by atoms with Gasteiger partial charge in [-0.15, -0.1) is 0 Å². The number of hydrogen-bond donors (Lipinski definition) is 0. The maximum atomic E-state index is 5.25. The lowest BCUT2D eigenvalue weighted by Gasteiger charge is -2.23. The van der Waals surface area contributed by atoms with Crippen molar-refractivity contribution in [1.29, 1.82) is 0 Å². The molecule has 0 aromatic heterocycles. The molecule has 76 valence electrons. The Hall–Kier alpha value is -1.10. The minimum atomic E-state index is -0.324. The van der Waals surface area contributed by atoms with Crippen LogP contribution in [-0.2, 0) is 14.2 Å². The molecule has 1 saturated heterocycles. The third-order valence-electron chi connectivity index (χ3n) is 1.99. The van der Waals surface area contributed by atoms with Crippen molar-refractivity contribution in [2.45, 2.75) is 6.29 Å². The zero-order valence-corrected chi connectivity index (χ0v) is 7.93. The van der Waals surface area contributed by atoms with Gasteiger partial charge in [0.1, 0.15) is 5.75 Å². The molecule has 1 aliphatic rings. The summed E-state index contributed by atoms with van der Waals surface area (Å²) in [5.74, 6) is 0.820. The predicted octanol–water partition coefficient (Wildman–Crippen LogP) is 1.67. The van der Waals surface area contributed by atoms with E-state index in [1.807, 2.05) is 24.3 Å². The molecule has 0 unspecified atom stereocenters. The van der Waals surface area contributed by atoms with Gasteiger partial charge < -0.3 is 18.9 Å². The largest absolute Gasteiger partial charge is 0.497 e. The van der Waals surface area contributed by atoms with Crippen LogP contribution in [0.4, 0.5) is 0 Å². The number of ether oxygens (including phenoxy) is 4. The first kappa shape index (κ1) is 9.45. The van der Waals surface area contributed by atoms with Gasteiger partial charge in [-0.1, -0.05) is 12.1 Å². The van der Waals surface area contributed by atoms with Crippen LogP contribution >= 0.6 is 0 Å². The Labute approximate surface area is 82.3 Å². The summed E-state index contributed by atoms with van der Waals surface area (Å²) in [4.78, 5) is 0. The highest BCUT2D eigenvalue weighted by Gasteiger charge is 2.16. The van der Waals surface area contributed by atoms with E-state index in [2.05, 4.69) is 0 Å². The van der Waals surface area contributed by atoms with Gasteiger partial charge in [-0.3, -0.25) is 0 Å². The molecule has 1 aliphatic heterocycles. The lowest BCUT2D eigenvalue weighted by Crippen LogP contribution is -2.19. The molecular weight excluding hydrogens is 184 g/mol. The summed E-state index contributed by atoms with van der Waals surface area (Å²) in [6.07, 6.45) is -0.324. The molecule has 14 heavy (non-hydrogen) atoms. The first-order valence-corrected chi connectivity index (χ1v) is 4.35. The van der Waals surface area contributed by atoms with Crippen LogP contribution in [0.1, 0.15) is 11.9 Å². The van der Waals surface area contributed by atoms with Crippen LogP contribution in [0, 0.1) is 0 Å². The smallest absolute Gasteiger partial charge is 0.189 e. The molecule has 0 N–H and O–H groups in total. The van der Waals surface area contributed by atoms with Crippen molar-refractivity contribution in [2.75, 3.05) is 20.7 Å². The second-order valence-electron chi connectivity index (χ2n) is 2.88. The average Bonchev–Trinajstić information content (AvgIpc) is 2.30. The van der Waals surface area contributed by atoms with Crippen molar-refractivity contribution in [3.8, 4) is 5.75 Å². The Morgan fingerprint density at radius 3 is 2.36 bits per heavy atom. The van der Waals surface area contributed by atoms with Crippen molar-refractivity contribution in [2.24, 2.45) is 0 Å². The Morgan fingerprint density at radius 1 is 1.14 bits per heavy atom. The van der Waals surface area contributed by atoms with E-state index in [-0.39, 0.29) is 19.9 Å². The van der Waals surface area contributed by atoms with E-state index >= 15 is 0 Å². The molecule has 2 rings (SSSR count). The van der Waals surface area contributed by atoms with Crippen LogP contribution in [0.15, 0.2) is 24.3 Å². The van der Waals surface area contributed by atoms with Gasteiger partial charge in [0.25, 0.3) is 0 Å². The van der Waals surface area contributed by atoms with Gasteiger partial charge in [-0.25, -0.2) is 0 Å². The molecule has 1 fully saturated rings. The monoisotopic (exact) mass is 196 g/mol. The molecule has 1 heterocycles. The number of hydrogen-bond acceptors (Lipinski definition) is 4. The summed E-state index contributed by atoms with van der Waals surface area (Å²) >= 11 is 0. The van der Waals surface area contributed by atoms with Gasteiger partial charge in [0, 0.05) is 5.56 Å². The normalized spacial score (nSPS) is 18.1. The van der Waals surface area contributed by atoms with Gasteiger partial charge in [0.2, 0.25) is 0 Å². The van der Waals surface area contributed by atoms with Crippen LogP contribution in [0.5, 0.6) is 5.75 Å². The summed E-state index contributed by atoms with van der Waals surface area (Å²) in [6.45, 7) is 0.549. The molecule has 0 atom stereocenters. The third kappa shape index (κ3) is 2.04. The van der Waals surface area contributed by atoms with Crippen LogP contribution in [0.2, 0.25) is 0 Å². The van der Waals surface area contributed by atoms with E-state index in [9.17, 15) is 0 Å². The Morgan fingerprint density at radius 2 is 1.79 bits per heavy atom. The highest BCUT2D eigenvalue weighted by Crippen LogP contribution is 2.23. The SMILES string of the molecule is COc1ccc(C2OCOCO2)cc1. The molecule has 4 nitrogen and oxygen atoms in total. The molecule has 1 aromatic carbocycles. The fourth-order valence-corrected chi connectivity index (χ4v) is 1.26. The fraction of sp³-hybridized carbons (Fsp3) is 0.400. The van der Waals surface area contributed by atoms with E-state index in [4.69, 9.17) is 18.9 Å². The molecule has 1 aromatic rings. The number of benzene rings is 1. The minimum absolute atomic E-state index is 0.274. The molecule has 0 amide bonds. The number of methoxy groups -OCH3 is 1. The van der Waals surface area contributed by atoms with Crippen molar-refractivity contribution in [1.82, 2.24) is 0 Å². The van der Waals surface area contributed by atoms with E-state index < -0.39 is 0 Å². The quantitative estimate of drug-likeness (QED) is 0.721. The fourth-order valence-electron chi connectivity index (χ4n) is 1.26. The van der Waals surface area contributed by atoms with Gasteiger partial charge in [0.05, 0.1) is 7.11 Å². The van der Waals surface area contributed by atoms with Crippen LogP contribution < -0.4 is 4.74 Å². The van der Waals surface area contributed by atoms with Gasteiger partial charge in [-0.2, -0.15) is 0 Å². The summed E-state index contributed by atoms with van der Waals surface area (Å²) in [5.41, 5.74) is 0.967. The van der Waals surface area contributed by atoms with Gasteiger partial charge in [0.15, 0.2) is 19.9 Å². The second kappa shape index (κ2) is 4.41. The zero-order chi connectivity index (χ0) is 9.80. The lowest BCUT2D eigenvalue weighted by atomic mass is 10.2. The van der Waals surface area contributed by atoms with E-state index in [0.29, 0.717) is 0 Å². The van der Waals surface area contributed by atoms with Crippen LogP contribution in [0.25, 0.3) is 0 Å². The van der Waals surface area contributed by atoms with Crippen molar-refractivity contribution >= 4 is 0 Å². The number of rotatable bonds is 2. The highest BCUT2D eigenvalue weighted by atomic mass is 16.8. The van der Waals surface area contributed by atoms with E-state index in [1.54, 1.807) is 7.11 Å². The average molecular weight is 196 g/mol. The topological polar surface area (TPSA) is 36.9 Å². The lowest BCUT2D eigenvalue weighted by molar-refractivity contribution is -0.303. The van der Waals surface area contributed by atoms with Gasteiger partial charge >= 0.3 is 0 Å². The molecule has 0 aliphatic carbocycles. The molecule has 4 heteroatoms. The molecule has 0 bridgehead atoms. The summed E-state index contributed by atoms with van der Waals surface area (Å²) in [6, 6.07) is 7.57. The Balaban J connectivity index is 2.07. The highest BCUT2D eigenvalue weighted by molar-refractivity contribution is 5.27. The Bertz CT molecular complexity index is 277. The predicted molar refractivity (Wildman–Crippen MR) is 48.7 cm³/mol. The second-order valence-corrected chi connectivity index (χ2v) is 2.88. The summed E-state index contributed by atoms with van der Waals surface area (Å²) < 4.78 is 20.5. The minimum Gasteiger partial charge on any atom is -0.497 e. The van der Waals surface area contributed by atoms with Crippen molar-refractivity contribution < 1.29 is 18.9 Å². The van der Waals surface area contributed by atoms with Gasteiger partial charge in [-0.05, 0) is 12.1 Å². The van der Waals surface area contributed by atoms with E-state index in [0.717, 1.165) is 11.3 Å². The molecule has 0 saturated carbocycles. The summed E-state index contributed by atoms with van der Waals surface area (Å²) in [5, 5.41) is 0. The van der Waals surface area contributed by atoms with E-state index in [1.165, 1.54) is 0 Å². The molecule has 0 radical (unpaired) electrons. The molecule has 0 spiro atoms. The Kier molecular flexibility index (Phi) is 2.98.